The molecule has 0 atom stereocenters. The lowest BCUT2D eigenvalue weighted by molar-refractivity contribution is -0.130. The van der Waals surface area contributed by atoms with E-state index in [-0.39, 0.29) is 27.9 Å². The highest BCUT2D eigenvalue weighted by Crippen LogP contribution is 2.47. The number of carbonyl (C=O) groups excluding carboxylic acids is 2. The lowest BCUT2D eigenvalue weighted by atomic mass is 9.62. The van der Waals surface area contributed by atoms with E-state index in [1.807, 2.05) is 24.3 Å². The van der Waals surface area contributed by atoms with Crippen molar-refractivity contribution in [1.29, 1.82) is 0 Å². The quantitative estimate of drug-likeness (QED) is 0.459. The van der Waals surface area contributed by atoms with Crippen molar-refractivity contribution in [2.75, 3.05) is 38.9 Å². The summed E-state index contributed by atoms with van der Waals surface area (Å²) >= 11 is 0. The summed E-state index contributed by atoms with van der Waals surface area (Å²) in [6.07, 6.45) is 4.97. The zero-order chi connectivity index (χ0) is 27.2. The number of rotatable bonds is 7. The second kappa shape index (κ2) is 9.58. The van der Waals surface area contributed by atoms with Gasteiger partial charge in [0.1, 0.15) is 11.4 Å². The van der Waals surface area contributed by atoms with Gasteiger partial charge in [0.15, 0.2) is 14.9 Å². The Morgan fingerprint density at radius 1 is 1.05 bits per heavy atom. The number of amides is 2. The number of nitrogens with zero attached hydrogens (tertiary/aromatic N) is 4. The number of methoxy groups -OCH3 is 1. The Balaban J connectivity index is 1.49. The molecule has 1 aliphatic carbocycles. The van der Waals surface area contributed by atoms with Crippen molar-refractivity contribution in [3.63, 3.8) is 0 Å². The lowest BCUT2D eigenvalue weighted by Gasteiger charge is -2.42. The van der Waals surface area contributed by atoms with Crippen LogP contribution in [0.25, 0.3) is 5.69 Å². The summed E-state index contributed by atoms with van der Waals surface area (Å²) in [5.74, 6) is 0.446. The first-order chi connectivity index (χ1) is 18.0. The number of fused-ring (bicyclic) bond motifs is 1. The van der Waals surface area contributed by atoms with Crippen molar-refractivity contribution in [1.82, 2.24) is 14.7 Å². The first-order valence-corrected chi connectivity index (χ1v) is 14.5. The van der Waals surface area contributed by atoms with Crippen LogP contribution in [0.3, 0.4) is 0 Å². The molecule has 0 N–H and O–H groups in total. The molecular weight excluding hydrogens is 504 g/mol. The Labute approximate surface area is 222 Å². The first-order valence-electron chi connectivity index (χ1n) is 12.6. The summed E-state index contributed by atoms with van der Waals surface area (Å²) in [6.45, 7) is 0.340. The number of hydrogen-bond donors (Lipinski definition) is 0. The summed E-state index contributed by atoms with van der Waals surface area (Å²) < 4.78 is 31.7. The van der Waals surface area contributed by atoms with Gasteiger partial charge in [0.2, 0.25) is 5.91 Å². The highest BCUT2D eigenvalue weighted by molar-refractivity contribution is 7.90. The summed E-state index contributed by atoms with van der Waals surface area (Å²) in [4.78, 5) is 29.6. The van der Waals surface area contributed by atoms with E-state index in [0.29, 0.717) is 36.4 Å². The van der Waals surface area contributed by atoms with Gasteiger partial charge in [-0.25, -0.2) is 13.1 Å². The van der Waals surface area contributed by atoms with Gasteiger partial charge in [0, 0.05) is 50.0 Å². The average molecular weight is 537 g/mol. The minimum Gasteiger partial charge on any atom is -0.497 e. The molecule has 2 heterocycles. The van der Waals surface area contributed by atoms with Crippen LogP contribution in [0.5, 0.6) is 5.75 Å². The van der Waals surface area contributed by atoms with Crippen molar-refractivity contribution in [3.8, 4) is 11.4 Å². The molecule has 2 aromatic carbocycles. The van der Waals surface area contributed by atoms with Crippen LogP contribution < -0.4 is 9.64 Å². The fourth-order valence-corrected chi connectivity index (χ4v) is 6.27. The third kappa shape index (κ3) is 4.47. The van der Waals surface area contributed by atoms with Crippen molar-refractivity contribution in [3.05, 3.63) is 65.4 Å². The fraction of sp³-hybridized carbons (Fsp3) is 0.393. The highest BCUT2D eigenvalue weighted by atomic mass is 32.2. The van der Waals surface area contributed by atoms with Crippen LogP contribution >= 0.6 is 0 Å². The van der Waals surface area contributed by atoms with Gasteiger partial charge in [-0.3, -0.25) is 9.59 Å². The second-order valence-corrected chi connectivity index (χ2v) is 12.3. The van der Waals surface area contributed by atoms with Crippen LogP contribution in [0, 0.1) is 0 Å². The minimum atomic E-state index is -3.64. The van der Waals surface area contributed by atoms with Gasteiger partial charge in [-0.2, -0.15) is 5.10 Å². The van der Waals surface area contributed by atoms with E-state index in [1.165, 1.54) is 4.68 Å². The van der Waals surface area contributed by atoms with Crippen LogP contribution in [-0.4, -0.2) is 68.9 Å². The number of benzene rings is 2. The number of aromatic nitrogens is 2. The first kappa shape index (κ1) is 26.0. The van der Waals surface area contributed by atoms with Gasteiger partial charge in [0.05, 0.1) is 12.8 Å². The molecule has 5 rings (SSSR count). The molecule has 1 saturated carbocycles. The predicted molar refractivity (Wildman–Crippen MR) is 144 cm³/mol. The molecule has 0 radical (unpaired) electrons. The smallest absolute Gasteiger partial charge is 0.277 e. The predicted octanol–water partition coefficient (Wildman–Crippen LogP) is 3.39. The van der Waals surface area contributed by atoms with Crippen LogP contribution in [0.1, 0.15) is 47.3 Å². The zero-order valence-electron chi connectivity index (χ0n) is 22.1. The van der Waals surface area contributed by atoms with Gasteiger partial charge in [0.25, 0.3) is 5.91 Å². The van der Waals surface area contributed by atoms with Crippen molar-refractivity contribution >= 4 is 27.3 Å². The zero-order valence-corrected chi connectivity index (χ0v) is 22.9. The number of anilines is 1. The molecule has 0 spiro atoms. The van der Waals surface area contributed by atoms with Gasteiger partial charge >= 0.3 is 0 Å². The molecule has 38 heavy (non-hydrogen) atoms. The maximum atomic E-state index is 13.8. The third-order valence-electron chi connectivity index (χ3n) is 7.74. The van der Waals surface area contributed by atoms with Crippen LogP contribution in [0.2, 0.25) is 0 Å². The molecule has 2 aliphatic rings. The number of ether oxygens (including phenoxy) is 1. The van der Waals surface area contributed by atoms with Crippen LogP contribution in [-0.2, 0) is 26.5 Å². The summed E-state index contributed by atoms with van der Waals surface area (Å²) in [7, 11) is 1.47. The molecule has 1 fully saturated rings. The Morgan fingerprint density at radius 2 is 1.68 bits per heavy atom. The normalized spacial score (nSPS) is 16.5. The van der Waals surface area contributed by atoms with E-state index >= 15 is 0 Å². The second-order valence-electron chi connectivity index (χ2n) is 10.4. The summed E-state index contributed by atoms with van der Waals surface area (Å²) in [5, 5.41) is 4.31. The van der Waals surface area contributed by atoms with E-state index in [0.717, 1.165) is 36.8 Å². The molecule has 0 unspecified atom stereocenters. The molecule has 2 amide bonds. The Bertz CT molecular complexity index is 1490. The van der Waals surface area contributed by atoms with E-state index in [2.05, 4.69) is 5.10 Å². The number of hydrogen-bond acceptors (Lipinski definition) is 6. The Morgan fingerprint density at radius 3 is 2.21 bits per heavy atom. The molecule has 0 saturated heterocycles. The van der Waals surface area contributed by atoms with Crippen molar-refractivity contribution in [2.45, 2.75) is 42.5 Å². The van der Waals surface area contributed by atoms with Crippen molar-refractivity contribution < 1.29 is 22.7 Å². The largest absolute Gasteiger partial charge is 0.497 e. The van der Waals surface area contributed by atoms with Crippen molar-refractivity contribution in [2.24, 2.45) is 0 Å². The maximum Gasteiger partial charge on any atom is 0.277 e. The van der Waals surface area contributed by atoms with Gasteiger partial charge in [-0.15, -0.1) is 0 Å². The Kier molecular flexibility index (Phi) is 6.54. The monoisotopic (exact) mass is 536 g/mol. The topological polar surface area (TPSA) is 102 Å². The number of sulfone groups is 1. The molecule has 9 nitrogen and oxygen atoms in total. The third-order valence-corrected chi connectivity index (χ3v) is 8.77. The van der Waals surface area contributed by atoms with E-state index < -0.39 is 9.84 Å². The molecule has 200 valence electrons. The molecule has 10 heteroatoms. The van der Waals surface area contributed by atoms with Gasteiger partial charge in [-0.05, 0) is 61.2 Å². The standard InChI is InChI=1S/C28H32N4O5S/c1-30(2)24(33)18-28(15-5-16-28)19-6-8-20(9-7-19)31-17-14-23-25(27(31)34)32(29-26(23)38(4,35)36)21-10-12-22(37-3)13-11-21/h6-13H,5,14-18H2,1-4H3. The molecule has 0 bridgehead atoms. The molecule has 3 aromatic rings. The number of carbonyl (C=O) groups is 2. The fourth-order valence-electron chi connectivity index (χ4n) is 5.40. The maximum absolute atomic E-state index is 13.8. The highest BCUT2D eigenvalue weighted by Gasteiger charge is 2.41. The van der Waals surface area contributed by atoms with Gasteiger partial charge in [-0.1, -0.05) is 18.6 Å². The van der Waals surface area contributed by atoms with Crippen LogP contribution in [0.4, 0.5) is 5.69 Å². The SMILES string of the molecule is COc1ccc(-n2nc(S(C)(=O)=O)c3c2C(=O)N(c2ccc(C4(CC(=O)N(C)C)CCC4)cc2)CC3)cc1. The Hall–Kier alpha value is -3.66. The van der Waals surface area contributed by atoms with E-state index in [1.54, 1.807) is 55.3 Å². The molecule has 1 aromatic heterocycles. The van der Waals surface area contributed by atoms with Gasteiger partial charge < -0.3 is 14.5 Å². The minimum absolute atomic E-state index is 0.0656. The summed E-state index contributed by atoms with van der Waals surface area (Å²) in [6, 6.07) is 14.8. The van der Waals surface area contributed by atoms with E-state index in [4.69, 9.17) is 4.74 Å². The molecule has 1 aliphatic heterocycles. The average Bonchev–Trinajstić information content (AvgIpc) is 3.28. The molecular formula is C28H32N4O5S. The summed E-state index contributed by atoms with van der Waals surface area (Å²) in [5.41, 5.74) is 2.93. The van der Waals surface area contributed by atoms with Crippen LogP contribution in [0.15, 0.2) is 53.6 Å². The lowest BCUT2D eigenvalue weighted by Crippen LogP contribution is -2.40. The van der Waals surface area contributed by atoms with E-state index in [9.17, 15) is 18.0 Å².